The highest BCUT2D eigenvalue weighted by atomic mass is 16.4. The highest BCUT2D eigenvalue weighted by Crippen LogP contribution is 2.15. The van der Waals surface area contributed by atoms with E-state index in [1.54, 1.807) is 6.07 Å². The van der Waals surface area contributed by atoms with E-state index >= 15 is 0 Å². The van der Waals surface area contributed by atoms with Crippen molar-refractivity contribution in [3.63, 3.8) is 0 Å². The lowest BCUT2D eigenvalue weighted by Crippen LogP contribution is -2.19. The number of aliphatic hydroxyl groups is 1. The Kier molecular flexibility index (Phi) is 4.50. The summed E-state index contributed by atoms with van der Waals surface area (Å²) in [5.41, 5.74) is 1.71. The lowest BCUT2D eigenvalue weighted by atomic mass is 9.95. The Bertz CT molecular complexity index is 358. The van der Waals surface area contributed by atoms with Gasteiger partial charge in [0.25, 0.3) is 0 Å². The van der Waals surface area contributed by atoms with Crippen molar-refractivity contribution in [3.8, 4) is 0 Å². The molecule has 1 atom stereocenters. The van der Waals surface area contributed by atoms with E-state index < -0.39 is 12.1 Å². The van der Waals surface area contributed by atoms with Crippen molar-refractivity contribution < 1.29 is 15.0 Å². The minimum absolute atomic E-state index is 0.0149. The van der Waals surface area contributed by atoms with Crippen LogP contribution >= 0.6 is 0 Å². The first kappa shape index (κ1) is 12.7. The van der Waals surface area contributed by atoms with Crippen LogP contribution in [0.2, 0.25) is 0 Å². The van der Waals surface area contributed by atoms with E-state index in [0.29, 0.717) is 6.42 Å². The molecule has 88 valence electrons. The fourth-order valence-electron chi connectivity index (χ4n) is 1.55. The molecule has 0 aromatic heterocycles. The van der Waals surface area contributed by atoms with Gasteiger partial charge >= 0.3 is 5.97 Å². The number of aliphatic hydroxyl groups excluding tert-OH is 1. The van der Waals surface area contributed by atoms with Crippen LogP contribution in [0.1, 0.15) is 25.0 Å². The number of carbonyl (C=O) groups is 1. The van der Waals surface area contributed by atoms with Gasteiger partial charge in [0.15, 0.2) is 0 Å². The van der Waals surface area contributed by atoms with Crippen LogP contribution in [0, 0.1) is 5.92 Å². The van der Waals surface area contributed by atoms with E-state index in [0.717, 1.165) is 11.1 Å². The molecule has 0 fully saturated rings. The molecule has 0 bridgehead atoms. The van der Waals surface area contributed by atoms with Crippen LogP contribution in [-0.2, 0) is 17.6 Å². The van der Waals surface area contributed by atoms with Crippen LogP contribution in [-0.4, -0.2) is 22.3 Å². The Labute approximate surface area is 95.7 Å². The molecule has 0 saturated heterocycles. The maximum Gasteiger partial charge on any atom is 0.307 e. The van der Waals surface area contributed by atoms with Crippen LogP contribution in [0.25, 0.3) is 0 Å². The summed E-state index contributed by atoms with van der Waals surface area (Å²) in [4.78, 5) is 10.7. The van der Waals surface area contributed by atoms with E-state index in [-0.39, 0.29) is 12.3 Å². The number of aliphatic carboxylic acids is 1. The van der Waals surface area contributed by atoms with E-state index in [2.05, 4.69) is 0 Å². The van der Waals surface area contributed by atoms with Crippen LogP contribution in [0.4, 0.5) is 0 Å². The zero-order chi connectivity index (χ0) is 12.1. The Morgan fingerprint density at radius 2 is 1.81 bits per heavy atom. The molecule has 0 aliphatic rings. The van der Waals surface area contributed by atoms with Gasteiger partial charge in [-0.1, -0.05) is 38.1 Å². The number of benzene rings is 1. The van der Waals surface area contributed by atoms with Crippen molar-refractivity contribution >= 4 is 5.97 Å². The summed E-state index contributed by atoms with van der Waals surface area (Å²) >= 11 is 0. The van der Waals surface area contributed by atoms with Crippen LogP contribution in [0.15, 0.2) is 24.3 Å². The van der Waals surface area contributed by atoms with Gasteiger partial charge < -0.3 is 10.2 Å². The van der Waals surface area contributed by atoms with Crippen LogP contribution in [0.3, 0.4) is 0 Å². The SMILES string of the molecule is CC(C)C(O)Cc1ccccc1CC(=O)O. The Morgan fingerprint density at radius 3 is 2.31 bits per heavy atom. The first-order valence-electron chi connectivity index (χ1n) is 5.47. The summed E-state index contributed by atoms with van der Waals surface area (Å²) in [5, 5.41) is 18.6. The molecule has 0 aliphatic heterocycles. The standard InChI is InChI=1S/C13H18O3/c1-9(2)12(14)7-10-5-3-4-6-11(10)8-13(15)16/h3-6,9,12,14H,7-8H2,1-2H3,(H,15,16). The van der Waals surface area contributed by atoms with E-state index in [1.807, 2.05) is 32.0 Å². The zero-order valence-electron chi connectivity index (χ0n) is 9.68. The smallest absolute Gasteiger partial charge is 0.307 e. The fraction of sp³-hybridized carbons (Fsp3) is 0.462. The second-order valence-electron chi connectivity index (χ2n) is 4.35. The molecular weight excluding hydrogens is 204 g/mol. The lowest BCUT2D eigenvalue weighted by molar-refractivity contribution is -0.136. The minimum Gasteiger partial charge on any atom is -0.481 e. The third-order valence-electron chi connectivity index (χ3n) is 2.66. The molecule has 3 nitrogen and oxygen atoms in total. The van der Waals surface area contributed by atoms with Crippen molar-refractivity contribution in [2.45, 2.75) is 32.8 Å². The molecule has 0 radical (unpaired) electrons. The van der Waals surface area contributed by atoms with Crippen molar-refractivity contribution in [3.05, 3.63) is 35.4 Å². The molecule has 0 saturated carbocycles. The van der Waals surface area contributed by atoms with Gasteiger partial charge in [0, 0.05) is 0 Å². The molecule has 3 heteroatoms. The molecule has 1 aromatic carbocycles. The third-order valence-corrected chi connectivity index (χ3v) is 2.66. The third kappa shape index (κ3) is 3.66. The van der Waals surface area contributed by atoms with E-state index in [9.17, 15) is 9.90 Å². The molecular formula is C13H18O3. The predicted octanol–water partition coefficient (Wildman–Crippen LogP) is 1.87. The molecule has 0 spiro atoms. The summed E-state index contributed by atoms with van der Waals surface area (Å²) in [6.07, 6.45) is 0.109. The topological polar surface area (TPSA) is 57.5 Å². The predicted molar refractivity (Wildman–Crippen MR) is 62.3 cm³/mol. The number of hydrogen-bond donors (Lipinski definition) is 2. The molecule has 0 heterocycles. The summed E-state index contributed by atoms with van der Waals surface area (Å²) in [7, 11) is 0. The van der Waals surface area contributed by atoms with E-state index in [1.165, 1.54) is 0 Å². The second-order valence-corrected chi connectivity index (χ2v) is 4.35. The average Bonchev–Trinajstić information content (AvgIpc) is 2.20. The maximum atomic E-state index is 10.7. The zero-order valence-corrected chi connectivity index (χ0v) is 9.68. The average molecular weight is 222 g/mol. The first-order valence-corrected chi connectivity index (χ1v) is 5.47. The largest absolute Gasteiger partial charge is 0.481 e. The highest BCUT2D eigenvalue weighted by molar-refractivity contribution is 5.70. The first-order chi connectivity index (χ1) is 7.50. The summed E-state index contributed by atoms with van der Waals surface area (Å²) < 4.78 is 0. The summed E-state index contributed by atoms with van der Waals surface area (Å²) in [6, 6.07) is 7.37. The van der Waals surface area contributed by atoms with Crippen LogP contribution in [0.5, 0.6) is 0 Å². The normalized spacial score (nSPS) is 12.8. The van der Waals surface area contributed by atoms with Crippen molar-refractivity contribution in [2.75, 3.05) is 0 Å². The molecule has 0 aliphatic carbocycles. The minimum atomic E-state index is -0.841. The fourth-order valence-corrected chi connectivity index (χ4v) is 1.55. The van der Waals surface area contributed by atoms with Gasteiger partial charge in [-0.25, -0.2) is 0 Å². The second kappa shape index (κ2) is 5.66. The molecule has 1 rings (SSSR count). The van der Waals surface area contributed by atoms with Gasteiger partial charge in [-0.3, -0.25) is 4.79 Å². The highest BCUT2D eigenvalue weighted by Gasteiger charge is 2.13. The van der Waals surface area contributed by atoms with Crippen LogP contribution < -0.4 is 0 Å². The van der Waals surface area contributed by atoms with Crippen molar-refractivity contribution in [1.82, 2.24) is 0 Å². The molecule has 0 amide bonds. The number of hydrogen-bond acceptors (Lipinski definition) is 2. The molecule has 1 unspecified atom stereocenters. The van der Waals surface area contributed by atoms with Gasteiger partial charge in [0.05, 0.1) is 12.5 Å². The molecule has 1 aromatic rings. The quantitative estimate of drug-likeness (QED) is 0.799. The van der Waals surface area contributed by atoms with Crippen molar-refractivity contribution in [2.24, 2.45) is 5.92 Å². The van der Waals surface area contributed by atoms with Gasteiger partial charge in [0.1, 0.15) is 0 Å². The van der Waals surface area contributed by atoms with Gasteiger partial charge in [0.2, 0.25) is 0 Å². The Morgan fingerprint density at radius 1 is 1.25 bits per heavy atom. The summed E-state index contributed by atoms with van der Waals surface area (Å²) in [6.45, 7) is 3.90. The van der Waals surface area contributed by atoms with Gasteiger partial charge in [-0.15, -0.1) is 0 Å². The van der Waals surface area contributed by atoms with Gasteiger partial charge in [-0.05, 0) is 23.5 Å². The maximum absolute atomic E-state index is 10.7. The monoisotopic (exact) mass is 222 g/mol. The molecule has 16 heavy (non-hydrogen) atoms. The Hall–Kier alpha value is -1.35. The van der Waals surface area contributed by atoms with Crippen molar-refractivity contribution in [1.29, 1.82) is 0 Å². The van der Waals surface area contributed by atoms with E-state index in [4.69, 9.17) is 5.11 Å². The molecule has 2 N–H and O–H groups in total. The number of carboxylic acid groups (broad SMARTS) is 1. The number of rotatable bonds is 5. The number of carboxylic acids is 1. The Balaban J connectivity index is 2.82. The summed E-state index contributed by atoms with van der Waals surface area (Å²) in [5.74, 6) is -0.663. The lowest BCUT2D eigenvalue weighted by Gasteiger charge is -2.16. The van der Waals surface area contributed by atoms with Gasteiger partial charge in [-0.2, -0.15) is 0 Å².